The molecule has 5 heteroatoms. The molecule has 0 unspecified atom stereocenters. The van der Waals surface area contributed by atoms with E-state index in [-0.39, 0.29) is 5.69 Å². The lowest BCUT2D eigenvalue weighted by molar-refractivity contribution is -0.384. The minimum absolute atomic E-state index is 0.0617. The molecule has 0 aliphatic carbocycles. The molecule has 17 heavy (non-hydrogen) atoms. The first kappa shape index (κ1) is 10.9. The van der Waals surface area contributed by atoms with Crippen LogP contribution in [0.25, 0.3) is 11.1 Å². The Balaban J connectivity index is 2.32. The summed E-state index contributed by atoms with van der Waals surface area (Å²) in [5.41, 5.74) is 2.31. The Bertz CT molecular complexity index is 547. The number of nitroso groups, excluding NO2 is 1. The minimum atomic E-state index is -0.436. The number of nitrogens with one attached hydrogen (secondary N) is 1. The Kier molecular flexibility index (Phi) is 2.91. The fourth-order valence-corrected chi connectivity index (χ4v) is 1.51. The number of nitro benzene ring substituents is 1. The molecular weight excluding hydrogens is 220 g/mol. The van der Waals surface area contributed by atoms with Crippen molar-refractivity contribution >= 4 is 11.4 Å². The number of nitrogens with zero attached hydrogens (tertiary/aromatic N) is 1. The van der Waals surface area contributed by atoms with Crippen LogP contribution in [0.15, 0.2) is 48.5 Å². The van der Waals surface area contributed by atoms with Gasteiger partial charge in [0.1, 0.15) is 0 Å². The Morgan fingerprint density at radius 3 is 1.76 bits per heavy atom. The standard InChI is InChI=1S/C12H8N2O3/c15-13-11-5-1-9(2-6-11)10-3-7-12(8-4-10)14(16)17/h1-8H/p+1. The zero-order chi connectivity index (χ0) is 12.3. The van der Waals surface area contributed by atoms with E-state index in [9.17, 15) is 15.0 Å². The Hall–Kier alpha value is -2.56. The van der Waals surface area contributed by atoms with Gasteiger partial charge in [-0.3, -0.25) is 10.1 Å². The van der Waals surface area contributed by atoms with Gasteiger partial charge in [-0.05, 0) is 35.4 Å². The van der Waals surface area contributed by atoms with Crippen molar-refractivity contribution in [2.75, 3.05) is 0 Å². The van der Waals surface area contributed by atoms with Crippen molar-refractivity contribution in [1.82, 2.24) is 0 Å². The molecule has 0 spiro atoms. The van der Waals surface area contributed by atoms with Crippen LogP contribution in [0.3, 0.4) is 0 Å². The third kappa shape index (κ3) is 2.34. The summed E-state index contributed by atoms with van der Waals surface area (Å²) in [7, 11) is 0. The maximum Gasteiger partial charge on any atom is 0.269 e. The highest BCUT2D eigenvalue weighted by Crippen LogP contribution is 2.22. The van der Waals surface area contributed by atoms with Crippen LogP contribution < -0.4 is 5.18 Å². The highest BCUT2D eigenvalue weighted by Gasteiger charge is 2.05. The molecule has 0 aromatic heterocycles. The second-order valence-corrected chi connectivity index (χ2v) is 3.48. The summed E-state index contributed by atoms with van der Waals surface area (Å²) in [6, 6.07) is 13.1. The van der Waals surface area contributed by atoms with E-state index in [4.69, 9.17) is 0 Å². The second-order valence-electron chi connectivity index (χ2n) is 3.48. The summed E-state index contributed by atoms with van der Waals surface area (Å²) in [4.78, 5) is 20.4. The van der Waals surface area contributed by atoms with Gasteiger partial charge in [0.05, 0.1) is 4.92 Å². The van der Waals surface area contributed by atoms with Crippen molar-refractivity contribution in [1.29, 1.82) is 0 Å². The maximum absolute atomic E-state index is 10.5. The van der Waals surface area contributed by atoms with E-state index >= 15 is 0 Å². The van der Waals surface area contributed by atoms with Gasteiger partial charge in [0, 0.05) is 34.3 Å². The molecule has 5 nitrogen and oxygen atoms in total. The lowest BCUT2D eigenvalue weighted by Crippen LogP contribution is -2.55. The van der Waals surface area contributed by atoms with Gasteiger partial charge in [0.2, 0.25) is 0 Å². The highest BCUT2D eigenvalue weighted by atomic mass is 16.6. The third-order valence-electron chi connectivity index (χ3n) is 2.41. The largest absolute Gasteiger partial charge is 0.269 e. The van der Waals surface area contributed by atoms with E-state index < -0.39 is 4.92 Å². The molecule has 0 amide bonds. The quantitative estimate of drug-likeness (QED) is 0.643. The summed E-state index contributed by atoms with van der Waals surface area (Å²) in [6.45, 7) is 0. The van der Waals surface area contributed by atoms with Gasteiger partial charge in [-0.15, -0.1) is 0 Å². The average Bonchev–Trinajstić information content (AvgIpc) is 2.39. The Labute approximate surface area is 96.8 Å². The van der Waals surface area contributed by atoms with Gasteiger partial charge in [-0.2, -0.15) is 0 Å². The molecule has 0 aliphatic heterocycles. The molecule has 2 aromatic carbocycles. The molecule has 0 saturated carbocycles. The van der Waals surface area contributed by atoms with Gasteiger partial charge in [0.15, 0.2) is 0 Å². The first-order chi connectivity index (χ1) is 8.20. The van der Waals surface area contributed by atoms with E-state index in [1.807, 2.05) is 0 Å². The molecule has 0 heterocycles. The van der Waals surface area contributed by atoms with Gasteiger partial charge >= 0.3 is 0 Å². The Morgan fingerprint density at radius 2 is 1.35 bits per heavy atom. The SMILES string of the molecule is O=[NH+]c1ccc(-c2ccc([N+](=O)[O-])cc2)cc1. The summed E-state index contributed by atoms with van der Waals surface area (Å²) in [5, 5.41) is 12.3. The zero-order valence-corrected chi connectivity index (χ0v) is 8.79. The summed E-state index contributed by atoms with van der Waals surface area (Å²) in [5.74, 6) is 0. The molecule has 0 aliphatic rings. The number of benzene rings is 2. The number of non-ortho nitro benzene ring substituents is 1. The summed E-state index contributed by atoms with van der Waals surface area (Å²) in [6.07, 6.45) is 0. The Morgan fingerprint density at radius 1 is 0.882 bits per heavy atom. The first-order valence-electron chi connectivity index (χ1n) is 4.94. The normalized spacial score (nSPS) is 9.88. The second kappa shape index (κ2) is 4.52. The van der Waals surface area contributed by atoms with Crippen molar-refractivity contribution < 1.29 is 10.1 Å². The number of hydrogen-bond acceptors (Lipinski definition) is 3. The van der Waals surface area contributed by atoms with Crippen LogP contribution >= 0.6 is 0 Å². The van der Waals surface area contributed by atoms with Gasteiger partial charge < -0.3 is 0 Å². The van der Waals surface area contributed by atoms with E-state index in [2.05, 4.69) is 0 Å². The molecule has 0 saturated heterocycles. The van der Waals surface area contributed by atoms with E-state index in [0.717, 1.165) is 11.1 Å². The van der Waals surface area contributed by atoms with Gasteiger partial charge in [-0.1, -0.05) is 0 Å². The lowest BCUT2D eigenvalue weighted by atomic mass is 10.1. The predicted molar refractivity (Wildman–Crippen MR) is 62.5 cm³/mol. The van der Waals surface area contributed by atoms with Crippen LogP contribution in [0.5, 0.6) is 0 Å². The molecule has 0 fully saturated rings. The predicted octanol–water partition coefficient (Wildman–Crippen LogP) is 1.74. The van der Waals surface area contributed by atoms with Crippen LogP contribution in [0.4, 0.5) is 11.4 Å². The van der Waals surface area contributed by atoms with Gasteiger partial charge in [-0.25, -0.2) is 0 Å². The van der Waals surface area contributed by atoms with E-state index in [1.165, 1.54) is 12.1 Å². The van der Waals surface area contributed by atoms with Crippen LogP contribution in [0.1, 0.15) is 0 Å². The smallest absolute Gasteiger partial charge is 0.258 e. The van der Waals surface area contributed by atoms with Crippen molar-refractivity contribution in [3.63, 3.8) is 0 Å². The summed E-state index contributed by atoms with van der Waals surface area (Å²) < 4.78 is 0. The average molecular weight is 229 g/mol. The van der Waals surface area contributed by atoms with Crippen molar-refractivity contribution in [2.45, 2.75) is 0 Å². The van der Waals surface area contributed by atoms with Crippen LogP contribution in [0.2, 0.25) is 0 Å². The monoisotopic (exact) mass is 229 g/mol. The van der Waals surface area contributed by atoms with Crippen LogP contribution in [-0.4, -0.2) is 4.92 Å². The van der Waals surface area contributed by atoms with Crippen LogP contribution in [0, 0.1) is 15.0 Å². The third-order valence-corrected chi connectivity index (χ3v) is 2.41. The molecule has 0 bridgehead atoms. The van der Waals surface area contributed by atoms with Crippen molar-refractivity contribution in [3.8, 4) is 11.1 Å². The van der Waals surface area contributed by atoms with Gasteiger partial charge in [0.25, 0.3) is 11.4 Å². The van der Waals surface area contributed by atoms with Crippen molar-refractivity contribution in [2.24, 2.45) is 0 Å². The molecule has 84 valence electrons. The molecule has 0 atom stereocenters. The van der Waals surface area contributed by atoms with Crippen LogP contribution in [-0.2, 0) is 0 Å². The molecule has 2 aromatic rings. The maximum atomic E-state index is 10.5. The van der Waals surface area contributed by atoms with Crippen molar-refractivity contribution in [3.05, 3.63) is 63.6 Å². The fourth-order valence-electron chi connectivity index (χ4n) is 1.51. The fraction of sp³-hybridized carbons (Fsp3) is 0. The lowest BCUT2D eigenvalue weighted by Gasteiger charge is -1.99. The van der Waals surface area contributed by atoms with E-state index in [1.54, 1.807) is 41.6 Å². The highest BCUT2D eigenvalue weighted by molar-refractivity contribution is 5.65. The molecule has 1 N–H and O–H groups in total. The first-order valence-corrected chi connectivity index (χ1v) is 4.94. The molecule has 0 radical (unpaired) electrons. The molecular formula is C12H9N2O3+. The zero-order valence-electron chi connectivity index (χ0n) is 8.79. The topological polar surface area (TPSA) is 74.2 Å². The molecule has 2 rings (SSSR count). The van der Waals surface area contributed by atoms with E-state index in [0.29, 0.717) is 5.69 Å². The minimum Gasteiger partial charge on any atom is -0.258 e. The summed E-state index contributed by atoms with van der Waals surface area (Å²) >= 11 is 0. The number of hydrogen-bond donors (Lipinski definition) is 1. The number of nitro groups is 1. The number of rotatable bonds is 3.